The molecule has 21 heavy (non-hydrogen) atoms. The summed E-state index contributed by atoms with van der Waals surface area (Å²) >= 11 is 0. The lowest BCUT2D eigenvalue weighted by Gasteiger charge is -2.13. The smallest absolute Gasteiger partial charge is 0.0294 e. The van der Waals surface area contributed by atoms with Crippen LogP contribution < -0.4 is 5.73 Å². The number of hydrogen-bond donors (Lipinski definition) is 1. The molecule has 0 saturated carbocycles. The van der Waals surface area contributed by atoms with Crippen molar-refractivity contribution in [3.63, 3.8) is 0 Å². The fraction of sp³-hybridized carbons (Fsp3) is 0.700. The van der Waals surface area contributed by atoms with Crippen LogP contribution in [0.25, 0.3) is 0 Å². The van der Waals surface area contributed by atoms with Gasteiger partial charge >= 0.3 is 0 Å². The second kappa shape index (κ2) is 10.8. The van der Waals surface area contributed by atoms with Gasteiger partial charge in [-0.2, -0.15) is 0 Å². The SMILES string of the molecule is CCCCCCCCCCC(N)c1ccc(C(C)C)cc1. The van der Waals surface area contributed by atoms with Gasteiger partial charge in [-0.15, -0.1) is 0 Å². The Hall–Kier alpha value is -0.820. The average molecular weight is 290 g/mol. The van der Waals surface area contributed by atoms with E-state index in [1.54, 1.807) is 0 Å². The molecule has 1 aromatic carbocycles. The minimum atomic E-state index is 0.214. The van der Waals surface area contributed by atoms with Gasteiger partial charge in [0.1, 0.15) is 0 Å². The molecule has 0 spiro atoms. The van der Waals surface area contributed by atoms with Gasteiger partial charge in [0.25, 0.3) is 0 Å². The van der Waals surface area contributed by atoms with E-state index in [1.807, 2.05) is 0 Å². The molecule has 0 aliphatic heterocycles. The predicted molar refractivity (Wildman–Crippen MR) is 94.7 cm³/mol. The zero-order valence-corrected chi connectivity index (χ0v) is 14.4. The zero-order chi connectivity index (χ0) is 15.5. The summed E-state index contributed by atoms with van der Waals surface area (Å²) in [4.78, 5) is 0. The van der Waals surface area contributed by atoms with Crippen LogP contribution in [0.2, 0.25) is 0 Å². The first-order valence-corrected chi connectivity index (χ1v) is 9.00. The Bertz CT molecular complexity index is 353. The van der Waals surface area contributed by atoms with Gasteiger partial charge in [-0.25, -0.2) is 0 Å². The number of benzene rings is 1. The van der Waals surface area contributed by atoms with Crippen molar-refractivity contribution in [2.45, 2.75) is 90.5 Å². The van der Waals surface area contributed by atoms with Gasteiger partial charge in [0, 0.05) is 6.04 Å². The van der Waals surface area contributed by atoms with Gasteiger partial charge in [-0.1, -0.05) is 96.4 Å². The van der Waals surface area contributed by atoms with Crippen LogP contribution in [0.4, 0.5) is 0 Å². The third kappa shape index (κ3) is 7.66. The van der Waals surface area contributed by atoms with E-state index >= 15 is 0 Å². The minimum Gasteiger partial charge on any atom is -0.324 e. The molecule has 0 aliphatic rings. The van der Waals surface area contributed by atoms with Crippen LogP contribution in [0.3, 0.4) is 0 Å². The van der Waals surface area contributed by atoms with Crippen molar-refractivity contribution in [1.82, 2.24) is 0 Å². The molecule has 0 aromatic heterocycles. The van der Waals surface area contributed by atoms with Crippen LogP contribution in [0.15, 0.2) is 24.3 Å². The fourth-order valence-corrected chi connectivity index (χ4v) is 2.79. The standard InChI is InChI=1S/C20H35N/c1-4-5-6-7-8-9-10-11-12-20(21)19-15-13-18(14-16-19)17(2)3/h13-17,20H,4-12,21H2,1-3H3. The Morgan fingerprint density at radius 2 is 1.24 bits per heavy atom. The molecule has 1 nitrogen and oxygen atoms in total. The number of rotatable bonds is 11. The summed E-state index contributed by atoms with van der Waals surface area (Å²) in [5.41, 5.74) is 9.00. The Morgan fingerprint density at radius 1 is 0.762 bits per heavy atom. The molecule has 0 heterocycles. The van der Waals surface area contributed by atoms with Crippen molar-refractivity contribution in [3.8, 4) is 0 Å². The van der Waals surface area contributed by atoms with E-state index in [-0.39, 0.29) is 6.04 Å². The lowest BCUT2D eigenvalue weighted by Crippen LogP contribution is -2.10. The Kier molecular flexibility index (Phi) is 9.41. The first-order chi connectivity index (χ1) is 10.1. The van der Waals surface area contributed by atoms with E-state index in [0.29, 0.717) is 5.92 Å². The first kappa shape index (κ1) is 18.2. The lowest BCUT2D eigenvalue weighted by atomic mass is 9.96. The van der Waals surface area contributed by atoms with Crippen molar-refractivity contribution in [2.75, 3.05) is 0 Å². The normalized spacial score (nSPS) is 12.8. The van der Waals surface area contributed by atoms with Crippen LogP contribution in [0, 0.1) is 0 Å². The summed E-state index contributed by atoms with van der Waals surface area (Å²) in [6.07, 6.45) is 12.1. The molecular formula is C20H35N. The van der Waals surface area contributed by atoms with Crippen LogP contribution in [-0.2, 0) is 0 Å². The van der Waals surface area contributed by atoms with Gasteiger partial charge < -0.3 is 5.73 Å². The third-order valence-electron chi connectivity index (χ3n) is 4.40. The summed E-state index contributed by atoms with van der Waals surface area (Å²) in [6.45, 7) is 6.74. The van der Waals surface area contributed by atoms with E-state index < -0.39 is 0 Å². The highest BCUT2D eigenvalue weighted by Crippen LogP contribution is 2.21. The maximum Gasteiger partial charge on any atom is 0.0294 e. The lowest BCUT2D eigenvalue weighted by molar-refractivity contribution is 0.536. The van der Waals surface area contributed by atoms with Gasteiger partial charge in [0.05, 0.1) is 0 Å². The molecule has 1 heteroatoms. The molecule has 1 rings (SSSR count). The van der Waals surface area contributed by atoms with Crippen LogP contribution in [0.5, 0.6) is 0 Å². The molecule has 1 atom stereocenters. The second-order valence-corrected chi connectivity index (χ2v) is 6.69. The van der Waals surface area contributed by atoms with E-state index in [4.69, 9.17) is 5.73 Å². The summed E-state index contributed by atoms with van der Waals surface area (Å²) in [5.74, 6) is 0.600. The molecule has 1 aromatic rings. The molecule has 0 bridgehead atoms. The molecule has 0 amide bonds. The van der Waals surface area contributed by atoms with Crippen molar-refractivity contribution in [2.24, 2.45) is 5.73 Å². The Balaban J connectivity index is 2.14. The van der Waals surface area contributed by atoms with Gasteiger partial charge in [0.2, 0.25) is 0 Å². The highest BCUT2D eigenvalue weighted by Gasteiger charge is 2.06. The molecular weight excluding hydrogens is 254 g/mol. The van der Waals surface area contributed by atoms with Crippen molar-refractivity contribution >= 4 is 0 Å². The molecule has 0 saturated heterocycles. The minimum absolute atomic E-state index is 0.214. The number of unbranched alkanes of at least 4 members (excludes halogenated alkanes) is 7. The highest BCUT2D eigenvalue weighted by atomic mass is 14.6. The van der Waals surface area contributed by atoms with Gasteiger partial charge in [-0.05, 0) is 23.5 Å². The van der Waals surface area contributed by atoms with Crippen molar-refractivity contribution < 1.29 is 0 Å². The summed E-state index contributed by atoms with van der Waals surface area (Å²) in [6, 6.07) is 9.10. The monoisotopic (exact) mass is 289 g/mol. The maximum absolute atomic E-state index is 6.30. The predicted octanol–water partition coefficient (Wildman–Crippen LogP) is 6.34. The largest absolute Gasteiger partial charge is 0.324 e. The number of hydrogen-bond acceptors (Lipinski definition) is 1. The van der Waals surface area contributed by atoms with Crippen molar-refractivity contribution in [3.05, 3.63) is 35.4 Å². The molecule has 0 aliphatic carbocycles. The quantitative estimate of drug-likeness (QED) is 0.472. The molecule has 0 fully saturated rings. The molecule has 0 radical (unpaired) electrons. The summed E-state index contributed by atoms with van der Waals surface area (Å²) in [7, 11) is 0. The van der Waals surface area contributed by atoms with E-state index in [2.05, 4.69) is 45.0 Å². The Morgan fingerprint density at radius 3 is 1.76 bits per heavy atom. The average Bonchev–Trinajstić information content (AvgIpc) is 2.49. The maximum atomic E-state index is 6.30. The second-order valence-electron chi connectivity index (χ2n) is 6.69. The first-order valence-electron chi connectivity index (χ1n) is 9.00. The van der Waals surface area contributed by atoms with E-state index in [1.165, 1.54) is 62.5 Å². The van der Waals surface area contributed by atoms with E-state index in [9.17, 15) is 0 Å². The van der Waals surface area contributed by atoms with E-state index in [0.717, 1.165) is 6.42 Å². The molecule has 2 N–H and O–H groups in total. The third-order valence-corrected chi connectivity index (χ3v) is 4.40. The van der Waals surface area contributed by atoms with Crippen LogP contribution >= 0.6 is 0 Å². The van der Waals surface area contributed by atoms with Gasteiger partial charge in [-0.3, -0.25) is 0 Å². The highest BCUT2D eigenvalue weighted by molar-refractivity contribution is 5.26. The zero-order valence-electron chi connectivity index (χ0n) is 14.4. The fourth-order valence-electron chi connectivity index (χ4n) is 2.79. The van der Waals surface area contributed by atoms with Crippen LogP contribution in [-0.4, -0.2) is 0 Å². The van der Waals surface area contributed by atoms with Crippen molar-refractivity contribution in [1.29, 1.82) is 0 Å². The molecule has 1 unspecified atom stereocenters. The number of nitrogens with two attached hydrogens (primary N) is 1. The Labute approximate surface area is 132 Å². The van der Waals surface area contributed by atoms with Gasteiger partial charge in [0.15, 0.2) is 0 Å². The summed E-state index contributed by atoms with van der Waals surface area (Å²) in [5, 5.41) is 0. The van der Waals surface area contributed by atoms with Crippen LogP contribution in [0.1, 0.15) is 102 Å². The topological polar surface area (TPSA) is 26.0 Å². The summed E-state index contributed by atoms with van der Waals surface area (Å²) < 4.78 is 0. The molecule has 120 valence electrons.